The number of morpholine rings is 1. The Morgan fingerprint density at radius 1 is 1.03 bits per heavy atom. The Morgan fingerprint density at radius 3 is 2.55 bits per heavy atom. The summed E-state index contributed by atoms with van der Waals surface area (Å²) in [7, 11) is 0. The van der Waals surface area contributed by atoms with E-state index in [9.17, 15) is 13.2 Å². The van der Waals surface area contributed by atoms with E-state index >= 15 is 0 Å². The lowest BCUT2D eigenvalue weighted by molar-refractivity contribution is -0.137. The molecule has 1 saturated heterocycles. The van der Waals surface area contributed by atoms with Crippen LogP contribution in [0.5, 0.6) is 0 Å². The SMILES string of the molecule is FC(F)(F)c1ccc2c(-c3cn(-c4ccc(CN5CCOCC5)cc4)nn3)n[nH]c2c1. The predicted octanol–water partition coefficient (Wildman–Crippen LogP) is 3.66. The Balaban J connectivity index is 1.36. The molecule has 3 heterocycles. The van der Waals surface area contributed by atoms with Crippen LogP contribution in [0, 0.1) is 0 Å². The summed E-state index contributed by atoms with van der Waals surface area (Å²) in [5.41, 5.74) is 2.54. The van der Waals surface area contributed by atoms with Crippen molar-refractivity contribution in [2.24, 2.45) is 0 Å². The quantitative estimate of drug-likeness (QED) is 0.537. The summed E-state index contributed by atoms with van der Waals surface area (Å²) in [5.74, 6) is 0. The number of rotatable bonds is 4. The van der Waals surface area contributed by atoms with Gasteiger partial charge in [-0.15, -0.1) is 5.10 Å². The van der Waals surface area contributed by atoms with Crippen molar-refractivity contribution < 1.29 is 17.9 Å². The van der Waals surface area contributed by atoms with E-state index < -0.39 is 11.7 Å². The third-order valence-electron chi connectivity index (χ3n) is 5.34. The van der Waals surface area contributed by atoms with E-state index in [-0.39, 0.29) is 0 Å². The average molecular weight is 428 g/mol. The number of benzene rings is 2. The van der Waals surface area contributed by atoms with Crippen LogP contribution >= 0.6 is 0 Å². The molecule has 4 aromatic rings. The summed E-state index contributed by atoms with van der Waals surface area (Å²) in [6, 6.07) is 11.5. The fourth-order valence-corrected chi connectivity index (χ4v) is 3.66. The number of aromatic nitrogens is 5. The number of H-pyrrole nitrogens is 1. The molecule has 10 heteroatoms. The number of hydrogen-bond acceptors (Lipinski definition) is 5. The van der Waals surface area contributed by atoms with Gasteiger partial charge in [0.2, 0.25) is 0 Å². The molecule has 31 heavy (non-hydrogen) atoms. The summed E-state index contributed by atoms with van der Waals surface area (Å²) in [6.07, 6.45) is -2.69. The lowest BCUT2D eigenvalue weighted by Crippen LogP contribution is -2.35. The minimum absolute atomic E-state index is 0.298. The molecule has 1 fully saturated rings. The second-order valence-corrected chi connectivity index (χ2v) is 7.43. The average Bonchev–Trinajstić information content (AvgIpc) is 3.41. The molecule has 0 amide bonds. The van der Waals surface area contributed by atoms with E-state index in [4.69, 9.17) is 4.74 Å². The molecule has 0 unspecified atom stereocenters. The normalized spacial score (nSPS) is 15.6. The van der Waals surface area contributed by atoms with Crippen LogP contribution in [-0.4, -0.2) is 56.4 Å². The molecular weight excluding hydrogens is 409 g/mol. The highest BCUT2D eigenvalue weighted by atomic mass is 19.4. The molecule has 1 aliphatic heterocycles. The van der Waals surface area contributed by atoms with Gasteiger partial charge in [-0.2, -0.15) is 18.3 Å². The van der Waals surface area contributed by atoms with Crippen LogP contribution in [-0.2, 0) is 17.5 Å². The first-order valence-electron chi connectivity index (χ1n) is 9.85. The second-order valence-electron chi connectivity index (χ2n) is 7.43. The van der Waals surface area contributed by atoms with E-state index in [1.807, 2.05) is 12.1 Å². The van der Waals surface area contributed by atoms with Gasteiger partial charge in [0, 0.05) is 25.0 Å². The maximum atomic E-state index is 12.9. The molecule has 1 aliphatic rings. The first-order valence-corrected chi connectivity index (χ1v) is 9.85. The molecule has 1 N–H and O–H groups in total. The molecule has 7 nitrogen and oxygen atoms in total. The standard InChI is InChI=1S/C21H19F3N6O/c22-21(23,24)15-3-6-17-18(11-15)25-27-20(17)19-13-30(28-26-19)16-4-1-14(2-5-16)12-29-7-9-31-10-8-29/h1-6,11,13H,7-10,12H2,(H,25,27). The van der Waals surface area contributed by atoms with Gasteiger partial charge >= 0.3 is 6.18 Å². The van der Waals surface area contributed by atoms with Crippen molar-refractivity contribution in [3.05, 3.63) is 59.8 Å². The van der Waals surface area contributed by atoms with Crippen LogP contribution in [0.2, 0.25) is 0 Å². The topological polar surface area (TPSA) is 71.9 Å². The highest BCUT2D eigenvalue weighted by molar-refractivity contribution is 5.92. The fourth-order valence-electron chi connectivity index (χ4n) is 3.66. The van der Waals surface area contributed by atoms with Crippen LogP contribution in [0.1, 0.15) is 11.1 Å². The molecule has 2 aromatic carbocycles. The minimum atomic E-state index is -4.41. The number of halogens is 3. The van der Waals surface area contributed by atoms with Gasteiger partial charge < -0.3 is 4.74 Å². The van der Waals surface area contributed by atoms with Gasteiger partial charge in [0.25, 0.3) is 0 Å². The van der Waals surface area contributed by atoms with Crippen molar-refractivity contribution in [1.82, 2.24) is 30.1 Å². The minimum Gasteiger partial charge on any atom is -0.379 e. The van der Waals surface area contributed by atoms with Crippen molar-refractivity contribution >= 4 is 10.9 Å². The van der Waals surface area contributed by atoms with Gasteiger partial charge in [-0.1, -0.05) is 17.3 Å². The second kappa shape index (κ2) is 7.78. The molecule has 160 valence electrons. The first kappa shape index (κ1) is 19.7. The van der Waals surface area contributed by atoms with Gasteiger partial charge in [0.1, 0.15) is 11.4 Å². The lowest BCUT2D eigenvalue weighted by atomic mass is 10.1. The summed E-state index contributed by atoms with van der Waals surface area (Å²) < 4.78 is 45.8. The van der Waals surface area contributed by atoms with Gasteiger partial charge in [0.05, 0.1) is 36.2 Å². The summed E-state index contributed by atoms with van der Waals surface area (Å²) in [4.78, 5) is 2.35. The maximum Gasteiger partial charge on any atom is 0.416 e. The molecule has 0 bridgehead atoms. The molecule has 0 radical (unpaired) electrons. The monoisotopic (exact) mass is 428 g/mol. The Hall–Kier alpha value is -3.24. The van der Waals surface area contributed by atoms with Gasteiger partial charge in [-0.25, -0.2) is 4.68 Å². The van der Waals surface area contributed by atoms with Crippen molar-refractivity contribution in [3.8, 4) is 17.1 Å². The third-order valence-corrected chi connectivity index (χ3v) is 5.34. The van der Waals surface area contributed by atoms with E-state index in [1.165, 1.54) is 11.6 Å². The van der Waals surface area contributed by atoms with E-state index in [1.54, 1.807) is 10.9 Å². The van der Waals surface area contributed by atoms with Crippen LogP contribution in [0.25, 0.3) is 28.0 Å². The van der Waals surface area contributed by atoms with E-state index in [2.05, 4.69) is 37.5 Å². The molecule has 0 spiro atoms. The largest absolute Gasteiger partial charge is 0.416 e. The molecule has 0 atom stereocenters. The van der Waals surface area contributed by atoms with E-state index in [0.717, 1.165) is 50.7 Å². The Morgan fingerprint density at radius 2 is 1.81 bits per heavy atom. The highest BCUT2D eigenvalue weighted by Crippen LogP contribution is 2.33. The number of aromatic amines is 1. The van der Waals surface area contributed by atoms with E-state index in [0.29, 0.717) is 22.3 Å². The molecule has 5 rings (SSSR count). The zero-order valence-electron chi connectivity index (χ0n) is 16.4. The van der Waals surface area contributed by atoms with Crippen molar-refractivity contribution in [2.45, 2.75) is 12.7 Å². The van der Waals surface area contributed by atoms with Gasteiger partial charge in [0.15, 0.2) is 0 Å². The zero-order chi connectivity index (χ0) is 21.4. The van der Waals surface area contributed by atoms with Crippen LogP contribution in [0.15, 0.2) is 48.7 Å². The first-order chi connectivity index (χ1) is 15.0. The third kappa shape index (κ3) is 4.04. The van der Waals surface area contributed by atoms with Crippen LogP contribution in [0.4, 0.5) is 13.2 Å². The van der Waals surface area contributed by atoms with Gasteiger partial charge in [-0.3, -0.25) is 10.00 Å². The van der Waals surface area contributed by atoms with Crippen LogP contribution < -0.4 is 0 Å². The smallest absolute Gasteiger partial charge is 0.379 e. The zero-order valence-corrected chi connectivity index (χ0v) is 16.4. The highest BCUT2D eigenvalue weighted by Gasteiger charge is 2.31. The maximum absolute atomic E-state index is 12.9. The predicted molar refractivity (Wildman–Crippen MR) is 108 cm³/mol. The number of nitrogens with zero attached hydrogens (tertiary/aromatic N) is 5. The molecular formula is C21H19F3N6O. The number of hydrogen-bond donors (Lipinski definition) is 1. The fraction of sp³-hybridized carbons (Fsp3) is 0.286. The number of fused-ring (bicyclic) bond motifs is 1. The Labute approximate surface area is 175 Å². The van der Waals surface area contributed by atoms with Crippen molar-refractivity contribution in [2.75, 3.05) is 26.3 Å². The molecule has 2 aromatic heterocycles. The lowest BCUT2D eigenvalue weighted by Gasteiger charge is -2.26. The van der Waals surface area contributed by atoms with Crippen molar-refractivity contribution in [1.29, 1.82) is 0 Å². The summed E-state index contributed by atoms with van der Waals surface area (Å²) in [5, 5.41) is 15.7. The Kier molecular flexibility index (Phi) is 4.95. The number of alkyl halides is 3. The molecule has 0 saturated carbocycles. The van der Waals surface area contributed by atoms with Crippen LogP contribution in [0.3, 0.4) is 0 Å². The summed E-state index contributed by atoms with van der Waals surface area (Å²) >= 11 is 0. The number of nitrogens with one attached hydrogen (secondary N) is 1. The number of ether oxygens (including phenoxy) is 1. The summed E-state index contributed by atoms with van der Waals surface area (Å²) in [6.45, 7) is 4.25. The molecule has 0 aliphatic carbocycles. The van der Waals surface area contributed by atoms with Gasteiger partial charge in [-0.05, 0) is 35.9 Å². The van der Waals surface area contributed by atoms with Crippen molar-refractivity contribution in [3.63, 3.8) is 0 Å². The Bertz CT molecular complexity index is 1190.